The Morgan fingerprint density at radius 1 is 1.12 bits per heavy atom. The fourth-order valence-corrected chi connectivity index (χ4v) is 3.30. The van der Waals surface area contributed by atoms with Crippen molar-refractivity contribution in [1.29, 1.82) is 0 Å². The van der Waals surface area contributed by atoms with Crippen LogP contribution in [-0.2, 0) is 0 Å². The molecule has 3 aromatic rings. The molecule has 1 aromatic heterocycles. The van der Waals surface area contributed by atoms with Gasteiger partial charge in [-0.1, -0.05) is 42.9 Å². The fraction of sp³-hybridized carbons (Fsp3) is 0.200. The van der Waals surface area contributed by atoms with Gasteiger partial charge < -0.3 is 15.8 Å². The number of ether oxygens (including phenoxy) is 1. The number of aromatic nitrogens is 1. The standard InChI is InChI=1S/C20H21N3O2S/c1-2-3-13-22-20-23-17(18(26-20)19(21)24)14-9-11-16(12-10-14)25-15-7-5-4-6-8-15/h4-12H,2-3,13H2,1H3,(H2,21,24)(H,22,23). The molecule has 0 radical (unpaired) electrons. The zero-order valence-electron chi connectivity index (χ0n) is 14.6. The van der Waals surface area contributed by atoms with Gasteiger partial charge in [0.2, 0.25) is 0 Å². The number of unbranched alkanes of at least 4 members (excludes halogenated alkanes) is 1. The molecule has 5 nitrogen and oxygen atoms in total. The summed E-state index contributed by atoms with van der Waals surface area (Å²) in [7, 11) is 0. The monoisotopic (exact) mass is 367 g/mol. The van der Waals surface area contributed by atoms with Crippen LogP contribution < -0.4 is 15.8 Å². The number of hydrogen-bond donors (Lipinski definition) is 2. The van der Waals surface area contributed by atoms with E-state index >= 15 is 0 Å². The van der Waals surface area contributed by atoms with Crippen molar-refractivity contribution in [3.63, 3.8) is 0 Å². The lowest BCUT2D eigenvalue weighted by atomic mass is 10.1. The lowest BCUT2D eigenvalue weighted by Gasteiger charge is -2.06. The van der Waals surface area contributed by atoms with Crippen LogP contribution in [0.3, 0.4) is 0 Å². The van der Waals surface area contributed by atoms with Crippen LogP contribution in [0.5, 0.6) is 11.5 Å². The number of rotatable bonds is 8. The smallest absolute Gasteiger partial charge is 0.261 e. The number of thiazole rings is 1. The van der Waals surface area contributed by atoms with E-state index in [1.54, 1.807) is 0 Å². The van der Waals surface area contributed by atoms with Crippen LogP contribution in [0.25, 0.3) is 11.3 Å². The Labute approximate surface area is 156 Å². The third kappa shape index (κ3) is 4.40. The number of nitrogens with one attached hydrogen (secondary N) is 1. The molecule has 0 aliphatic carbocycles. The van der Waals surface area contributed by atoms with Crippen LogP contribution in [0.15, 0.2) is 54.6 Å². The summed E-state index contributed by atoms with van der Waals surface area (Å²) in [6, 6.07) is 17.1. The highest BCUT2D eigenvalue weighted by Gasteiger charge is 2.17. The predicted molar refractivity (Wildman–Crippen MR) is 106 cm³/mol. The van der Waals surface area contributed by atoms with Crippen molar-refractivity contribution in [2.45, 2.75) is 19.8 Å². The number of carbonyl (C=O) groups is 1. The molecule has 3 N–H and O–H groups in total. The first-order valence-electron chi connectivity index (χ1n) is 8.55. The summed E-state index contributed by atoms with van der Waals surface area (Å²) in [6.07, 6.45) is 2.14. The maximum absolute atomic E-state index is 11.8. The van der Waals surface area contributed by atoms with Gasteiger partial charge in [-0.25, -0.2) is 4.98 Å². The number of nitrogens with zero attached hydrogens (tertiary/aromatic N) is 1. The van der Waals surface area contributed by atoms with E-state index in [0.29, 0.717) is 15.7 Å². The van der Waals surface area contributed by atoms with Gasteiger partial charge in [-0.2, -0.15) is 0 Å². The highest BCUT2D eigenvalue weighted by atomic mass is 32.1. The molecule has 6 heteroatoms. The van der Waals surface area contributed by atoms with Crippen molar-refractivity contribution in [3.8, 4) is 22.8 Å². The van der Waals surface area contributed by atoms with Crippen LogP contribution >= 0.6 is 11.3 Å². The molecule has 0 saturated heterocycles. The topological polar surface area (TPSA) is 77.2 Å². The maximum Gasteiger partial charge on any atom is 0.261 e. The van der Waals surface area contributed by atoms with Crippen molar-refractivity contribution in [2.75, 3.05) is 11.9 Å². The largest absolute Gasteiger partial charge is 0.457 e. The number of benzene rings is 2. The van der Waals surface area contributed by atoms with Crippen LogP contribution in [-0.4, -0.2) is 17.4 Å². The van der Waals surface area contributed by atoms with E-state index in [1.165, 1.54) is 11.3 Å². The van der Waals surface area contributed by atoms with Crippen molar-refractivity contribution < 1.29 is 9.53 Å². The van der Waals surface area contributed by atoms with Gasteiger partial charge in [-0.15, -0.1) is 0 Å². The van der Waals surface area contributed by atoms with Gasteiger partial charge in [-0.05, 0) is 42.8 Å². The van der Waals surface area contributed by atoms with Crippen molar-refractivity contribution >= 4 is 22.4 Å². The highest BCUT2D eigenvalue weighted by Crippen LogP contribution is 2.32. The molecular weight excluding hydrogens is 346 g/mol. The second-order valence-electron chi connectivity index (χ2n) is 5.78. The van der Waals surface area contributed by atoms with E-state index in [1.807, 2.05) is 54.6 Å². The van der Waals surface area contributed by atoms with E-state index in [-0.39, 0.29) is 0 Å². The first kappa shape index (κ1) is 17.9. The lowest BCUT2D eigenvalue weighted by Crippen LogP contribution is -2.10. The first-order valence-corrected chi connectivity index (χ1v) is 9.37. The van der Waals surface area contributed by atoms with Gasteiger partial charge in [0.15, 0.2) is 5.13 Å². The van der Waals surface area contributed by atoms with Crippen molar-refractivity contribution in [1.82, 2.24) is 4.98 Å². The summed E-state index contributed by atoms with van der Waals surface area (Å²) in [4.78, 5) is 16.8. The number of primary amides is 1. The summed E-state index contributed by atoms with van der Waals surface area (Å²) in [5, 5.41) is 3.96. The fourth-order valence-electron chi connectivity index (χ4n) is 2.44. The Balaban J connectivity index is 1.80. The molecule has 2 aromatic carbocycles. The molecule has 0 saturated carbocycles. The zero-order chi connectivity index (χ0) is 18.4. The Morgan fingerprint density at radius 2 is 1.81 bits per heavy atom. The molecule has 26 heavy (non-hydrogen) atoms. The number of amides is 1. The third-order valence-electron chi connectivity index (χ3n) is 3.76. The first-order chi connectivity index (χ1) is 12.7. The summed E-state index contributed by atoms with van der Waals surface area (Å²) < 4.78 is 5.80. The number of nitrogens with two attached hydrogens (primary N) is 1. The van der Waals surface area contributed by atoms with Crippen LogP contribution in [0.4, 0.5) is 5.13 Å². The van der Waals surface area contributed by atoms with Gasteiger partial charge in [-0.3, -0.25) is 4.79 Å². The van der Waals surface area contributed by atoms with Gasteiger partial charge in [0, 0.05) is 12.1 Å². The van der Waals surface area contributed by atoms with Gasteiger partial charge >= 0.3 is 0 Å². The minimum Gasteiger partial charge on any atom is -0.457 e. The van der Waals surface area contributed by atoms with Gasteiger partial charge in [0.1, 0.15) is 16.4 Å². The molecule has 134 valence electrons. The summed E-state index contributed by atoms with van der Waals surface area (Å²) in [6.45, 7) is 2.95. The van der Waals surface area contributed by atoms with E-state index in [4.69, 9.17) is 10.5 Å². The molecule has 0 aliphatic heterocycles. The second-order valence-corrected chi connectivity index (χ2v) is 6.78. The lowest BCUT2D eigenvalue weighted by molar-refractivity contribution is 0.100. The SMILES string of the molecule is CCCCNc1nc(-c2ccc(Oc3ccccc3)cc2)c(C(N)=O)s1. The Hall–Kier alpha value is -2.86. The molecule has 3 rings (SSSR count). The molecule has 0 aliphatic rings. The van der Waals surface area contributed by atoms with Crippen molar-refractivity contribution in [2.24, 2.45) is 5.73 Å². The number of hydrogen-bond acceptors (Lipinski definition) is 5. The van der Waals surface area contributed by atoms with E-state index in [0.717, 1.165) is 36.4 Å². The Bertz CT molecular complexity index is 861. The summed E-state index contributed by atoms with van der Waals surface area (Å²) in [5.74, 6) is 1.02. The molecule has 1 heterocycles. The molecule has 0 fully saturated rings. The average molecular weight is 367 g/mol. The van der Waals surface area contributed by atoms with E-state index < -0.39 is 5.91 Å². The molecule has 0 unspecified atom stereocenters. The maximum atomic E-state index is 11.8. The van der Waals surface area contributed by atoms with Crippen LogP contribution in [0.2, 0.25) is 0 Å². The second kappa shape index (κ2) is 8.49. The predicted octanol–water partition coefficient (Wildman–Crippen LogP) is 4.91. The summed E-state index contributed by atoms with van der Waals surface area (Å²) in [5.41, 5.74) is 6.97. The molecule has 0 bridgehead atoms. The third-order valence-corrected chi connectivity index (χ3v) is 4.79. The quantitative estimate of drug-likeness (QED) is 0.554. The highest BCUT2D eigenvalue weighted by molar-refractivity contribution is 7.18. The number of para-hydroxylation sites is 1. The van der Waals surface area contributed by atoms with E-state index in [9.17, 15) is 4.79 Å². The number of carbonyl (C=O) groups excluding carboxylic acids is 1. The molecular formula is C20H21N3O2S. The zero-order valence-corrected chi connectivity index (χ0v) is 15.4. The van der Waals surface area contributed by atoms with Gasteiger partial charge in [0.05, 0.1) is 5.69 Å². The molecule has 1 amide bonds. The van der Waals surface area contributed by atoms with Crippen LogP contribution in [0.1, 0.15) is 29.4 Å². The molecule has 0 atom stereocenters. The molecule has 0 spiro atoms. The normalized spacial score (nSPS) is 10.5. The number of anilines is 1. The van der Waals surface area contributed by atoms with Crippen LogP contribution in [0, 0.1) is 0 Å². The Kier molecular flexibility index (Phi) is 5.86. The Morgan fingerprint density at radius 3 is 2.46 bits per heavy atom. The van der Waals surface area contributed by atoms with E-state index in [2.05, 4.69) is 17.2 Å². The minimum atomic E-state index is -0.467. The minimum absolute atomic E-state index is 0.459. The summed E-state index contributed by atoms with van der Waals surface area (Å²) >= 11 is 1.29. The van der Waals surface area contributed by atoms with Crippen molar-refractivity contribution in [3.05, 3.63) is 59.5 Å². The average Bonchev–Trinajstić information content (AvgIpc) is 3.08. The van der Waals surface area contributed by atoms with Gasteiger partial charge in [0.25, 0.3) is 5.91 Å².